The highest BCUT2D eigenvalue weighted by Crippen LogP contribution is 2.30. The van der Waals surface area contributed by atoms with Gasteiger partial charge in [-0.05, 0) is 35.6 Å². The Balaban J connectivity index is 2.39. The van der Waals surface area contributed by atoms with Crippen molar-refractivity contribution in [1.82, 2.24) is 5.32 Å². The van der Waals surface area contributed by atoms with Crippen molar-refractivity contribution in [2.75, 3.05) is 0 Å². The Kier molecular flexibility index (Phi) is 3.73. The SMILES string of the molecule is Cc1cc(C(C)(C)C)cc2cc(CNC(C)C)oc12. The van der Waals surface area contributed by atoms with Crippen molar-refractivity contribution in [3.8, 4) is 0 Å². The van der Waals surface area contributed by atoms with E-state index in [0.717, 1.165) is 17.9 Å². The Hall–Kier alpha value is -1.28. The monoisotopic (exact) mass is 259 g/mol. The van der Waals surface area contributed by atoms with Crippen molar-refractivity contribution in [3.63, 3.8) is 0 Å². The van der Waals surface area contributed by atoms with Crippen LogP contribution in [0, 0.1) is 6.92 Å². The van der Waals surface area contributed by atoms with Crippen molar-refractivity contribution >= 4 is 11.0 Å². The number of aryl methyl sites for hydroxylation is 1. The lowest BCUT2D eigenvalue weighted by Gasteiger charge is -2.19. The van der Waals surface area contributed by atoms with Gasteiger partial charge >= 0.3 is 0 Å². The van der Waals surface area contributed by atoms with Gasteiger partial charge < -0.3 is 9.73 Å². The van der Waals surface area contributed by atoms with Gasteiger partial charge in [0.15, 0.2) is 0 Å². The summed E-state index contributed by atoms with van der Waals surface area (Å²) < 4.78 is 5.95. The van der Waals surface area contributed by atoms with Gasteiger partial charge in [-0.1, -0.05) is 40.7 Å². The summed E-state index contributed by atoms with van der Waals surface area (Å²) in [5, 5.41) is 4.61. The standard InChI is InChI=1S/C17H25NO/c1-11(2)18-10-15-9-13-8-14(17(4,5)6)7-12(3)16(13)19-15/h7-9,11,18H,10H2,1-6H3. The predicted octanol–water partition coefficient (Wildman–Crippen LogP) is 4.54. The molecule has 2 nitrogen and oxygen atoms in total. The zero-order valence-corrected chi connectivity index (χ0v) is 12.9. The van der Waals surface area contributed by atoms with Gasteiger partial charge in [0.25, 0.3) is 0 Å². The molecule has 2 heteroatoms. The van der Waals surface area contributed by atoms with Gasteiger partial charge in [-0.15, -0.1) is 0 Å². The molecule has 0 atom stereocenters. The van der Waals surface area contributed by atoms with Crippen LogP contribution in [0.25, 0.3) is 11.0 Å². The molecule has 0 aliphatic carbocycles. The van der Waals surface area contributed by atoms with Crippen LogP contribution in [0.3, 0.4) is 0 Å². The Bertz CT molecular complexity index is 573. The zero-order chi connectivity index (χ0) is 14.2. The number of hydrogen-bond acceptors (Lipinski definition) is 2. The first-order valence-electron chi connectivity index (χ1n) is 7.04. The van der Waals surface area contributed by atoms with Crippen molar-refractivity contribution in [2.45, 2.75) is 59.5 Å². The molecule has 0 bridgehead atoms. The van der Waals surface area contributed by atoms with Crippen LogP contribution in [0.2, 0.25) is 0 Å². The molecule has 19 heavy (non-hydrogen) atoms. The first-order valence-corrected chi connectivity index (χ1v) is 7.04. The minimum atomic E-state index is 0.173. The quantitative estimate of drug-likeness (QED) is 0.875. The molecule has 0 radical (unpaired) electrons. The molecule has 1 N–H and O–H groups in total. The summed E-state index contributed by atoms with van der Waals surface area (Å²) in [6.45, 7) is 13.9. The summed E-state index contributed by atoms with van der Waals surface area (Å²) in [4.78, 5) is 0. The maximum atomic E-state index is 5.95. The Morgan fingerprint density at radius 1 is 1.16 bits per heavy atom. The minimum absolute atomic E-state index is 0.173. The molecule has 0 spiro atoms. The third kappa shape index (κ3) is 3.19. The highest BCUT2D eigenvalue weighted by molar-refractivity contribution is 5.82. The lowest BCUT2D eigenvalue weighted by molar-refractivity contribution is 0.487. The summed E-state index contributed by atoms with van der Waals surface area (Å²) in [6, 6.07) is 7.13. The number of fused-ring (bicyclic) bond motifs is 1. The topological polar surface area (TPSA) is 25.2 Å². The number of furan rings is 1. The molecule has 1 heterocycles. The molecule has 0 saturated carbocycles. The van der Waals surface area contributed by atoms with Gasteiger partial charge in [0.2, 0.25) is 0 Å². The Labute approximate surface area is 116 Å². The smallest absolute Gasteiger partial charge is 0.137 e. The highest BCUT2D eigenvalue weighted by atomic mass is 16.3. The van der Waals surface area contributed by atoms with E-state index in [4.69, 9.17) is 4.42 Å². The molecule has 0 aliphatic heterocycles. The molecule has 0 amide bonds. The molecule has 0 saturated heterocycles. The van der Waals surface area contributed by atoms with Crippen LogP contribution < -0.4 is 5.32 Å². The summed E-state index contributed by atoms with van der Waals surface area (Å²) in [5.41, 5.74) is 3.78. The van der Waals surface area contributed by atoms with E-state index < -0.39 is 0 Å². The van der Waals surface area contributed by atoms with Crippen LogP contribution in [-0.2, 0) is 12.0 Å². The summed E-state index contributed by atoms with van der Waals surface area (Å²) in [5.74, 6) is 1.01. The highest BCUT2D eigenvalue weighted by Gasteiger charge is 2.17. The average molecular weight is 259 g/mol. The van der Waals surface area contributed by atoms with Crippen LogP contribution in [0.15, 0.2) is 22.6 Å². The van der Waals surface area contributed by atoms with E-state index in [-0.39, 0.29) is 5.41 Å². The van der Waals surface area contributed by atoms with E-state index >= 15 is 0 Å². The molecule has 0 unspecified atom stereocenters. The van der Waals surface area contributed by atoms with Gasteiger partial charge in [-0.25, -0.2) is 0 Å². The molecular formula is C17H25NO. The average Bonchev–Trinajstić information content (AvgIpc) is 2.68. The molecule has 0 fully saturated rings. The lowest BCUT2D eigenvalue weighted by Crippen LogP contribution is -2.21. The van der Waals surface area contributed by atoms with Crippen molar-refractivity contribution in [3.05, 3.63) is 35.1 Å². The van der Waals surface area contributed by atoms with Crippen LogP contribution in [0.1, 0.15) is 51.5 Å². The van der Waals surface area contributed by atoms with Crippen LogP contribution in [-0.4, -0.2) is 6.04 Å². The van der Waals surface area contributed by atoms with Gasteiger partial charge in [-0.3, -0.25) is 0 Å². The third-order valence-electron chi connectivity index (χ3n) is 3.40. The molecule has 0 aliphatic rings. The van der Waals surface area contributed by atoms with E-state index in [1.54, 1.807) is 0 Å². The van der Waals surface area contributed by atoms with Crippen molar-refractivity contribution < 1.29 is 4.42 Å². The molecule has 2 aromatic rings. The van der Waals surface area contributed by atoms with Gasteiger partial charge in [0, 0.05) is 11.4 Å². The fourth-order valence-electron chi connectivity index (χ4n) is 2.21. The van der Waals surface area contributed by atoms with Crippen LogP contribution >= 0.6 is 0 Å². The van der Waals surface area contributed by atoms with E-state index in [0.29, 0.717) is 6.04 Å². The van der Waals surface area contributed by atoms with Crippen molar-refractivity contribution in [2.24, 2.45) is 0 Å². The second kappa shape index (κ2) is 5.01. The van der Waals surface area contributed by atoms with Crippen LogP contribution in [0.5, 0.6) is 0 Å². The summed E-state index contributed by atoms with van der Waals surface area (Å²) in [6.07, 6.45) is 0. The zero-order valence-electron chi connectivity index (χ0n) is 12.9. The van der Waals surface area contributed by atoms with Gasteiger partial charge in [-0.2, -0.15) is 0 Å². The lowest BCUT2D eigenvalue weighted by atomic mass is 9.85. The Morgan fingerprint density at radius 2 is 1.84 bits per heavy atom. The maximum absolute atomic E-state index is 5.95. The van der Waals surface area contributed by atoms with E-state index in [1.807, 2.05) is 0 Å². The van der Waals surface area contributed by atoms with Crippen LogP contribution in [0.4, 0.5) is 0 Å². The number of nitrogens with one attached hydrogen (secondary N) is 1. The largest absolute Gasteiger partial charge is 0.459 e. The maximum Gasteiger partial charge on any atom is 0.137 e. The summed E-state index contributed by atoms with van der Waals surface area (Å²) >= 11 is 0. The molecule has 1 aromatic heterocycles. The van der Waals surface area contributed by atoms with E-state index in [9.17, 15) is 0 Å². The fourth-order valence-corrected chi connectivity index (χ4v) is 2.21. The second-order valence-electron chi connectivity index (χ2n) is 6.71. The molecule has 2 rings (SSSR count). The van der Waals surface area contributed by atoms with Crippen molar-refractivity contribution in [1.29, 1.82) is 0 Å². The van der Waals surface area contributed by atoms with Gasteiger partial charge in [0.1, 0.15) is 11.3 Å². The first-order chi connectivity index (χ1) is 8.77. The predicted molar refractivity (Wildman–Crippen MR) is 81.6 cm³/mol. The minimum Gasteiger partial charge on any atom is -0.459 e. The Morgan fingerprint density at radius 3 is 2.42 bits per heavy atom. The van der Waals surface area contributed by atoms with Gasteiger partial charge in [0.05, 0.1) is 6.54 Å². The number of rotatable bonds is 3. The van der Waals surface area contributed by atoms with E-state index in [1.165, 1.54) is 16.5 Å². The molecule has 1 aromatic carbocycles. The second-order valence-corrected chi connectivity index (χ2v) is 6.71. The number of hydrogen-bond donors (Lipinski definition) is 1. The third-order valence-corrected chi connectivity index (χ3v) is 3.40. The van der Waals surface area contributed by atoms with E-state index in [2.05, 4.69) is 65.1 Å². The molecule has 104 valence electrons. The fraction of sp³-hybridized carbons (Fsp3) is 0.529. The molecular weight excluding hydrogens is 234 g/mol. The normalized spacial score (nSPS) is 12.6. The summed E-state index contributed by atoms with van der Waals surface area (Å²) in [7, 11) is 0. The first kappa shape index (κ1) is 14.1. The number of benzene rings is 1.